The van der Waals surface area contributed by atoms with Crippen LogP contribution >= 0.6 is 0 Å². The highest BCUT2D eigenvalue weighted by atomic mass is 32.2. The lowest BCUT2D eigenvalue weighted by molar-refractivity contribution is -0.00271. The van der Waals surface area contributed by atoms with Crippen molar-refractivity contribution in [3.63, 3.8) is 0 Å². The first-order valence-electron chi connectivity index (χ1n) is 12.8. The van der Waals surface area contributed by atoms with E-state index in [9.17, 15) is 23.4 Å². The lowest BCUT2D eigenvalue weighted by Gasteiger charge is -2.33. The van der Waals surface area contributed by atoms with Crippen molar-refractivity contribution in [2.45, 2.75) is 44.2 Å². The van der Waals surface area contributed by atoms with E-state index in [1.807, 2.05) is 44.2 Å². The summed E-state index contributed by atoms with van der Waals surface area (Å²) in [5.74, 6) is 0.227. The lowest BCUT2D eigenvalue weighted by atomic mass is 9.98. The van der Waals surface area contributed by atoms with Crippen molar-refractivity contribution in [3.8, 4) is 17.2 Å². The number of nitrogens with one attached hydrogen (secondary N) is 1. The van der Waals surface area contributed by atoms with E-state index in [1.54, 1.807) is 25.1 Å². The number of ether oxygens (including phenoxy) is 2. The molecule has 0 saturated heterocycles. The van der Waals surface area contributed by atoms with Gasteiger partial charge in [0.25, 0.3) is 5.91 Å². The normalized spacial score (nSPS) is 14.4. The standard InChI is InChI=1S/C29H34N2O7S/c1-20(2)18-31(39(35,36)23-12-13-26-27(16-23)38-19-37-26)15-14-29(34,17-22-8-5-4-6-9-22)30-28(33)24-10-7-11-25(32)21(24)3/h4-13,16,20,32,34H,14-15,17-19H2,1-3H3,(H,30,33). The van der Waals surface area contributed by atoms with Gasteiger partial charge in [0.1, 0.15) is 11.5 Å². The van der Waals surface area contributed by atoms with Gasteiger partial charge < -0.3 is 25.0 Å². The zero-order chi connectivity index (χ0) is 28.2. The van der Waals surface area contributed by atoms with Crippen LogP contribution in [0.15, 0.2) is 71.6 Å². The summed E-state index contributed by atoms with van der Waals surface area (Å²) in [5.41, 5.74) is -0.421. The molecule has 1 unspecified atom stereocenters. The van der Waals surface area contributed by atoms with Crippen LogP contribution in [0.2, 0.25) is 0 Å². The fourth-order valence-corrected chi connectivity index (χ4v) is 6.11. The first-order chi connectivity index (χ1) is 18.5. The maximum Gasteiger partial charge on any atom is 0.253 e. The summed E-state index contributed by atoms with van der Waals surface area (Å²) in [6, 6.07) is 18.2. The molecular formula is C29H34N2O7S. The van der Waals surface area contributed by atoms with E-state index in [4.69, 9.17) is 9.47 Å². The highest BCUT2D eigenvalue weighted by Gasteiger charge is 2.34. The van der Waals surface area contributed by atoms with Crippen molar-refractivity contribution in [2.75, 3.05) is 19.9 Å². The summed E-state index contributed by atoms with van der Waals surface area (Å²) >= 11 is 0. The molecule has 0 bridgehead atoms. The lowest BCUT2D eigenvalue weighted by Crippen LogP contribution is -2.52. The molecule has 1 heterocycles. The van der Waals surface area contributed by atoms with Gasteiger partial charge >= 0.3 is 0 Å². The molecule has 0 aliphatic carbocycles. The summed E-state index contributed by atoms with van der Waals surface area (Å²) in [4.78, 5) is 13.3. The molecule has 0 radical (unpaired) electrons. The number of benzene rings is 3. The number of aromatic hydroxyl groups is 1. The molecule has 0 saturated carbocycles. The molecule has 208 valence electrons. The number of carbonyl (C=O) groups is 1. The molecule has 1 aliphatic rings. The number of hydrogen-bond donors (Lipinski definition) is 3. The second-order valence-electron chi connectivity index (χ2n) is 10.1. The van der Waals surface area contributed by atoms with Crippen LogP contribution in [0, 0.1) is 12.8 Å². The molecular weight excluding hydrogens is 520 g/mol. The van der Waals surface area contributed by atoms with Crippen LogP contribution in [-0.2, 0) is 16.4 Å². The Balaban J connectivity index is 1.62. The Kier molecular flexibility index (Phi) is 8.48. The number of fused-ring (bicyclic) bond motifs is 1. The second kappa shape index (κ2) is 11.6. The van der Waals surface area contributed by atoms with Gasteiger partial charge in [-0.05, 0) is 42.7 Å². The Morgan fingerprint density at radius 2 is 1.77 bits per heavy atom. The Morgan fingerprint density at radius 3 is 2.49 bits per heavy atom. The van der Waals surface area contributed by atoms with Crippen LogP contribution in [0.3, 0.4) is 0 Å². The quantitative estimate of drug-likeness (QED) is 0.308. The van der Waals surface area contributed by atoms with Crippen molar-refractivity contribution in [1.29, 1.82) is 0 Å². The van der Waals surface area contributed by atoms with E-state index in [-0.39, 0.29) is 54.9 Å². The summed E-state index contributed by atoms with van der Waals surface area (Å²) < 4.78 is 39.4. The van der Waals surface area contributed by atoms with Crippen LogP contribution in [0.25, 0.3) is 0 Å². The number of hydrogen-bond acceptors (Lipinski definition) is 7. The Morgan fingerprint density at radius 1 is 1.05 bits per heavy atom. The van der Waals surface area contributed by atoms with Crippen molar-refractivity contribution in [2.24, 2.45) is 5.92 Å². The van der Waals surface area contributed by atoms with Gasteiger partial charge in [-0.3, -0.25) is 4.79 Å². The number of aliphatic hydroxyl groups is 1. The largest absolute Gasteiger partial charge is 0.508 e. The van der Waals surface area contributed by atoms with E-state index in [1.165, 1.54) is 22.5 Å². The summed E-state index contributed by atoms with van der Waals surface area (Å²) in [6.45, 7) is 5.60. The van der Waals surface area contributed by atoms with Gasteiger partial charge in [0.2, 0.25) is 16.8 Å². The van der Waals surface area contributed by atoms with E-state index in [2.05, 4.69) is 5.32 Å². The molecule has 9 nitrogen and oxygen atoms in total. The highest BCUT2D eigenvalue weighted by Crippen LogP contribution is 2.35. The number of phenols is 1. The van der Waals surface area contributed by atoms with Crippen LogP contribution in [0.4, 0.5) is 0 Å². The third kappa shape index (κ3) is 6.70. The van der Waals surface area contributed by atoms with Gasteiger partial charge in [-0.2, -0.15) is 4.31 Å². The monoisotopic (exact) mass is 554 g/mol. The minimum atomic E-state index is -3.97. The fraction of sp³-hybridized carbons (Fsp3) is 0.345. The Bertz CT molecular complexity index is 1430. The van der Waals surface area contributed by atoms with Gasteiger partial charge in [0.15, 0.2) is 11.5 Å². The number of amides is 1. The first-order valence-corrected chi connectivity index (χ1v) is 14.2. The van der Waals surface area contributed by atoms with E-state index in [0.29, 0.717) is 17.1 Å². The summed E-state index contributed by atoms with van der Waals surface area (Å²) in [6.07, 6.45) is -0.0287. The van der Waals surface area contributed by atoms with E-state index in [0.717, 1.165) is 5.56 Å². The van der Waals surface area contributed by atoms with Gasteiger partial charge in [0.05, 0.1) is 4.90 Å². The second-order valence-corrected chi connectivity index (χ2v) is 12.1. The molecule has 1 aliphatic heterocycles. The van der Waals surface area contributed by atoms with Gasteiger partial charge in [0, 0.05) is 43.1 Å². The molecule has 3 N–H and O–H groups in total. The number of rotatable bonds is 11. The molecule has 4 rings (SSSR count). The Hall–Kier alpha value is -3.60. The highest BCUT2D eigenvalue weighted by molar-refractivity contribution is 7.89. The van der Waals surface area contributed by atoms with Gasteiger partial charge in [-0.1, -0.05) is 50.2 Å². The zero-order valence-electron chi connectivity index (χ0n) is 22.3. The Labute approximate surface area is 229 Å². The molecule has 1 amide bonds. The minimum Gasteiger partial charge on any atom is -0.508 e. The zero-order valence-corrected chi connectivity index (χ0v) is 23.1. The molecule has 1 atom stereocenters. The number of phenolic OH excluding ortho intramolecular Hbond substituents is 1. The number of nitrogens with zero attached hydrogens (tertiary/aromatic N) is 1. The van der Waals surface area contributed by atoms with Crippen molar-refractivity contribution in [1.82, 2.24) is 9.62 Å². The average molecular weight is 555 g/mol. The van der Waals surface area contributed by atoms with Crippen LogP contribution in [-0.4, -0.2) is 54.5 Å². The van der Waals surface area contributed by atoms with Crippen molar-refractivity contribution in [3.05, 3.63) is 83.4 Å². The predicted octanol–water partition coefficient (Wildman–Crippen LogP) is 3.83. The molecule has 0 aromatic heterocycles. The van der Waals surface area contributed by atoms with Crippen LogP contribution < -0.4 is 14.8 Å². The third-order valence-corrected chi connectivity index (χ3v) is 8.42. The molecule has 0 spiro atoms. The van der Waals surface area contributed by atoms with Crippen molar-refractivity contribution >= 4 is 15.9 Å². The molecule has 10 heteroatoms. The SMILES string of the molecule is Cc1c(O)cccc1C(=O)NC(O)(CCN(CC(C)C)S(=O)(=O)c1ccc2c(c1)OCO2)Cc1ccccc1. The molecule has 39 heavy (non-hydrogen) atoms. The average Bonchev–Trinajstić information content (AvgIpc) is 3.36. The van der Waals surface area contributed by atoms with Crippen LogP contribution in [0.1, 0.15) is 41.8 Å². The maximum atomic E-state index is 13.7. The summed E-state index contributed by atoms with van der Waals surface area (Å²) in [5, 5.41) is 24.5. The van der Waals surface area contributed by atoms with E-state index >= 15 is 0 Å². The topological polar surface area (TPSA) is 125 Å². The molecule has 0 fully saturated rings. The third-order valence-electron chi connectivity index (χ3n) is 6.56. The summed E-state index contributed by atoms with van der Waals surface area (Å²) in [7, 11) is -3.97. The number of carbonyl (C=O) groups excluding carboxylic acids is 1. The smallest absolute Gasteiger partial charge is 0.253 e. The first kappa shape index (κ1) is 28.4. The molecule has 3 aromatic carbocycles. The maximum absolute atomic E-state index is 13.7. The van der Waals surface area contributed by atoms with Crippen LogP contribution in [0.5, 0.6) is 17.2 Å². The fourth-order valence-electron chi connectivity index (χ4n) is 4.49. The molecule has 3 aromatic rings. The van der Waals surface area contributed by atoms with Crippen molar-refractivity contribution < 1.29 is 32.9 Å². The van der Waals surface area contributed by atoms with Gasteiger partial charge in [-0.15, -0.1) is 0 Å². The predicted molar refractivity (Wildman–Crippen MR) is 146 cm³/mol. The van der Waals surface area contributed by atoms with Gasteiger partial charge in [-0.25, -0.2) is 8.42 Å². The minimum absolute atomic E-state index is 0.000497. The van der Waals surface area contributed by atoms with E-state index < -0.39 is 21.7 Å². The number of sulfonamides is 1.